The van der Waals surface area contributed by atoms with Crippen molar-refractivity contribution in [1.29, 1.82) is 0 Å². The SMILES string of the molecule is COCC1(C(N)=O)CCCN1C(=O)c1cc(C)n(-c2ccccc2)c1C. The molecule has 6 nitrogen and oxygen atoms in total. The Labute approximate surface area is 153 Å². The fourth-order valence-corrected chi connectivity index (χ4v) is 3.99. The standard InChI is InChI=1S/C20H25N3O3/c1-14-12-17(15(2)23(14)16-8-5-4-6-9-16)18(24)22-11-7-10-20(22,13-26-3)19(21)25/h4-6,8-9,12H,7,10-11,13H2,1-3H3,(H2,21,25). The number of benzene rings is 1. The summed E-state index contributed by atoms with van der Waals surface area (Å²) in [6, 6.07) is 11.8. The molecule has 1 aliphatic rings. The van der Waals surface area contributed by atoms with E-state index in [0.717, 1.165) is 23.5 Å². The number of ether oxygens (including phenoxy) is 1. The number of nitrogens with two attached hydrogens (primary N) is 1. The smallest absolute Gasteiger partial charge is 0.256 e. The second kappa shape index (κ2) is 6.96. The van der Waals surface area contributed by atoms with Crippen LogP contribution in [0.2, 0.25) is 0 Å². The molecule has 2 heterocycles. The van der Waals surface area contributed by atoms with Crippen LogP contribution >= 0.6 is 0 Å². The average molecular weight is 355 g/mol. The maximum Gasteiger partial charge on any atom is 0.256 e. The first kappa shape index (κ1) is 18.2. The number of aryl methyl sites for hydroxylation is 1. The zero-order valence-corrected chi connectivity index (χ0v) is 15.5. The van der Waals surface area contributed by atoms with Crippen LogP contribution in [-0.4, -0.2) is 47.1 Å². The topological polar surface area (TPSA) is 77.6 Å². The van der Waals surface area contributed by atoms with Crippen molar-refractivity contribution in [2.24, 2.45) is 5.73 Å². The summed E-state index contributed by atoms with van der Waals surface area (Å²) in [5.41, 5.74) is 8.01. The van der Waals surface area contributed by atoms with Gasteiger partial charge in [-0.1, -0.05) is 18.2 Å². The van der Waals surface area contributed by atoms with E-state index in [9.17, 15) is 9.59 Å². The van der Waals surface area contributed by atoms with Crippen LogP contribution in [-0.2, 0) is 9.53 Å². The highest BCUT2D eigenvalue weighted by molar-refractivity contribution is 6.00. The lowest BCUT2D eigenvalue weighted by molar-refractivity contribution is -0.130. The molecule has 0 aliphatic carbocycles. The predicted molar refractivity (Wildman–Crippen MR) is 99.3 cm³/mol. The molecule has 1 fully saturated rings. The highest BCUT2D eigenvalue weighted by atomic mass is 16.5. The van der Waals surface area contributed by atoms with Crippen LogP contribution in [0.5, 0.6) is 0 Å². The van der Waals surface area contributed by atoms with Gasteiger partial charge in [-0.2, -0.15) is 0 Å². The van der Waals surface area contributed by atoms with Crippen LogP contribution < -0.4 is 5.73 Å². The van der Waals surface area contributed by atoms with Crippen LogP contribution in [0.15, 0.2) is 36.4 Å². The molecule has 2 N–H and O–H groups in total. The number of carbonyl (C=O) groups excluding carboxylic acids is 2. The highest BCUT2D eigenvalue weighted by Gasteiger charge is 2.49. The molecule has 2 aromatic rings. The van der Waals surface area contributed by atoms with Crippen molar-refractivity contribution in [2.75, 3.05) is 20.3 Å². The van der Waals surface area contributed by atoms with Gasteiger partial charge in [-0.25, -0.2) is 0 Å². The third-order valence-corrected chi connectivity index (χ3v) is 5.25. The van der Waals surface area contributed by atoms with Crippen molar-refractivity contribution in [3.63, 3.8) is 0 Å². The fraction of sp³-hybridized carbons (Fsp3) is 0.400. The quantitative estimate of drug-likeness (QED) is 0.893. The number of hydrogen-bond acceptors (Lipinski definition) is 3. The molecule has 0 saturated carbocycles. The van der Waals surface area contributed by atoms with Crippen LogP contribution in [0, 0.1) is 13.8 Å². The molecular weight excluding hydrogens is 330 g/mol. The summed E-state index contributed by atoms with van der Waals surface area (Å²) in [7, 11) is 1.52. The zero-order valence-electron chi connectivity index (χ0n) is 15.5. The summed E-state index contributed by atoms with van der Waals surface area (Å²) in [6.07, 6.45) is 1.26. The van der Waals surface area contributed by atoms with E-state index in [1.54, 1.807) is 4.90 Å². The number of carbonyl (C=O) groups is 2. The van der Waals surface area contributed by atoms with Gasteiger partial charge in [0.15, 0.2) is 0 Å². The summed E-state index contributed by atoms with van der Waals surface area (Å²) >= 11 is 0. The number of para-hydroxylation sites is 1. The Morgan fingerprint density at radius 2 is 1.92 bits per heavy atom. The molecule has 2 amide bonds. The van der Waals surface area contributed by atoms with Gasteiger partial charge in [0.05, 0.1) is 12.2 Å². The van der Waals surface area contributed by atoms with Crippen molar-refractivity contribution >= 4 is 11.8 Å². The van der Waals surface area contributed by atoms with E-state index in [1.165, 1.54) is 7.11 Å². The molecule has 0 spiro atoms. The van der Waals surface area contributed by atoms with E-state index in [0.29, 0.717) is 18.5 Å². The van der Waals surface area contributed by atoms with E-state index < -0.39 is 11.4 Å². The monoisotopic (exact) mass is 355 g/mol. The number of aromatic nitrogens is 1. The van der Waals surface area contributed by atoms with Crippen molar-refractivity contribution in [1.82, 2.24) is 9.47 Å². The van der Waals surface area contributed by atoms with E-state index >= 15 is 0 Å². The number of primary amides is 1. The predicted octanol–water partition coefficient (Wildman–Crippen LogP) is 2.20. The first-order valence-corrected chi connectivity index (χ1v) is 8.77. The Hall–Kier alpha value is -2.60. The second-order valence-electron chi connectivity index (χ2n) is 6.84. The molecule has 26 heavy (non-hydrogen) atoms. The molecule has 1 aromatic carbocycles. The Morgan fingerprint density at radius 3 is 2.54 bits per heavy atom. The van der Waals surface area contributed by atoms with Crippen molar-refractivity contribution in [3.8, 4) is 5.69 Å². The van der Waals surface area contributed by atoms with Crippen LogP contribution in [0.25, 0.3) is 5.69 Å². The summed E-state index contributed by atoms with van der Waals surface area (Å²) < 4.78 is 7.28. The lowest BCUT2D eigenvalue weighted by atomic mass is 9.95. The van der Waals surface area contributed by atoms with Crippen molar-refractivity contribution in [3.05, 3.63) is 53.3 Å². The third kappa shape index (κ3) is 2.80. The van der Waals surface area contributed by atoms with Crippen molar-refractivity contribution in [2.45, 2.75) is 32.2 Å². The van der Waals surface area contributed by atoms with E-state index in [4.69, 9.17) is 10.5 Å². The molecule has 3 rings (SSSR count). The Kier molecular flexibility index (Phi) is 4.87. The van der Waals surface area contributed by atoms with Gasteiger partial charge < -0.3 is 19.9 Å². The van der Waals surface area contributed by atoms with Gasteiger partial charge in [0, 0.05) is 30.7 Å². The van der Waals surface area contributed by atoms with Gasteiger partial charge in [0.25, 0.3) is 5.91 Å². The van der Waals surface area contributed by atoms with Gasteiger partial charge in [0.1, 0.15) is 5.54 Å². The van der Waals surface area contributed by atoms with Gasteiger partial charge in [-0.15, -0.1) is 0 Å². The summed E-state index contributed by atoms with van der Waals surface area (Å²) in [5, 5.41) is 0. The first-order chi connectivity index (χ1) is 12.4. The van der Waals surface area contributed by atoms with E-state index in [2.05, 4.69) is 0 Å². The molecule has 1 unspecified atom stereocenters. The highest BCUT2D eigenvalue weighted by Crippen LogP contribution is 2.32. The molecule has 1 aromatic heterocycles. The molecule has 0 radical (unpaired) electrons. The largest absolute Gasteiger partial charge is 0.382 e. The van der Waals surface area contributed by atoms with Gasteiger partial charge >= 0.3 is 0 Å². The van der Waals surface area contributed by atoms with Crippen molar-refractivity contribution < 1.29 is 14.3 Å². The third-order valence-electron chi connectivity index (χ3n) is 5.25. The Morgan fingerprint density at radius 1 is 1.23 bits per heavy atom. The molecule has 138 valence electrons. The number of hydrogen-bond donors (Lipinski definition) is 1. The fourth-order valence-electron chi connectivity index (χ4n) is 3.99. The molecular formula is C20H25N3O3. The summed E-state index contributed by atoms with van der Waals surface area (Å²) in [4.78, 5) is 27.1. The normalized spacial score (nSPS) is 19.7. The lowest BCUT2D eigenvalue weighted by Crippen LogP contribution is -2.58. The number of rotatable bonds is 5. The Bertz CT molecular complexity index is 828. The maximum atomic E-state index is 13.3. The van der Waals surface area contributed by atoms with E-state index in [-0.39, 0.29) is 12.5 Å². The number of amides is 2. The Balaban J connectivity index is 2.02. The number of methoxy groups -OCH3 is 1. The summed E-state index contributed by atoms with van der Waals surface area (Å²) in [6.45, 7) is 4.51. The average Bonchev–Trinajstić information content (AvgIpc) is 3.17. The molecule has 1 saturated heterocycles. The van der Waals surface area contributed by atoms with E-state index in [1.807, 2.05) is 54.8 Å². The second-order valence-corrected chi connectivity index (χ2v) is 6.84. The minimum absolute atomic E-state index is 0.117. The van der Waals surface area contributed by atoms with Gasteiger partial charge in [0.2, 0.25) is 5.91 Å². The minimum atomic E-state index is -1.07. The molecule has 6 heteroatoms. The minimum Gasteiger partial charge on any atom is -0.382 e. The van der Waals surface area contributed by atoms with Crippen LogP contribution in [0.3, 0.4) is 0 Å². The first-order valence-electron chi connectivity index (χ1n) is 8.77. The van der Waals surface area contributed by atoms with Gasteiger partial charge in [-0.3, -0.25) is 9.59 Å². The summed E-state index contributed by atoms with van der Waals surface area (Å²) in [5.74, 6) is -0.685. The molecule has 1 atom stereocenters. The van der Waals surface area contributed by atoms with Crippen LogP contribution in [0.4, 0.5) is 0 Å². The number of nitrogens with zero attached hydrogens (tertiary/aromatic N) is 2. The maximum absolute atomic E-state index is 13.3. The van der Waals surface area contributed by atoms with Crippen LogP contribution in [0.1, 0.15) is 34.6 Å². The molecule has 1 aliphatic heterocycles. The van der Waals surface area contributed by atoms with Gasteiger partial charge in [-0.05, 0) is 44.9 Å². The zero-order chi connectivity index (χ0) is 18.9. The molecule has 0 bridgehead atoms. The number of likely N-dealkylation sites (tertiary alicyclic amines) is 1. The lowest BCUT2D eigenvalue weighted by Gasteiger charge is -2.35.